The van der Waals surface area contributed by atoms with E-state index in [0.29, 0.717) is 12.0 Å². The highest BCUT2D eigenvalue weighted by atomic mass is 16.5. The van der Waals surface area contributed by atoms with Crippen molar-refractivity contribution in [2.75, 3.05) is 12.3 Å². The summed E-state index contributed by atoms with van der Waals surface area (Å²) in [5.41, 5.74) is 8.96. The molecule has 1 aliphatic heterocycles. The number of hydrogen-bond donors (Lipinski definition) is 1. The summed E-state index contributed by atoms with van der Waals surface area (Å²) in [6, 6.07) is 6.09. The summed E-state index contributed by atoms with van der Waals surface area (Å²) in [4.78, 5) is 4.84. The van der Waals surface area contributed by atoms with E-state index in [0.717, 1.165) is 30.8 Å². The zero-order valence-corrected chi connectivity index (χ0v) is 12.4. The predicted octanol–water partition coefficient (Wildman–Crippen LogP) is 3.46. The van der Waals surface area contributed by atoms with Crippen molar-refractivity contribution in [1.29, 1.82) is 0 Å². The fourth-order valence-corrected chi connectivity index (χ4v) is 3.36. The second kappa shape index (κ2) is 5.34. The van der Waals surface area contributed by atoms with E-state index in [1.54, 1.807) is 0 Å². The number of rotatable bonds is 4. The molecule has 4 nitrogen and oxygen atoms in total. The number of imidazole rings is 1. The Balaban J connectivity index is 1.60. The molecular weight excluding hydrogens is 262 g/mol. The van der Waals surface area contributed by atoms with Crippen molar-refractivity contribution in [3.05, 3.63) is 24.0 Å². The van der Waals surface area contributed by atoms with Crippen LogP contribution in [0.5, 0.6) is 0 Å². The number of hydrogen-bond acceptors (Lipinski definition) is 3. The van der Waals surface area contributed by atoms with Crippen LogP contribution in [0.2, 0.25) is 0 Å². The van der Waals surface area contributed by atoms with Crippen molar-refractivity contribution in [3.8, 4) is 0 Å². The molecule has 0 amide bonds. The van der Waals surface area contributed by atoms with Crippen LogP contribution in [-0.4, -0.2) is 22.3 Å². The highest BCUT2D eigenvalue weighted by Gasteiger charge is 2.29. The van der Waals surface area contributed by atoms with Crippen molar-refractivity contribution in [3.63, 3.8) is 0 Å². The molecule has 1 aromatic carbocycles. The molecular formula is C17H23N3O. The maximum Gasteiger partial charge on any atom is 0.112 e. The predicted molar refractivity (Wildman–Crippen MR) is 84.3 cm³/mol. The van der Waals surface area contributed by atoms with Crippen molar-refractivity contribution < 1.29 is 4.74 Å². The first-order valence-corrected chi connectivity index (χ1v) is 8.18. The molecule has 4 rings (SSSR count). The quantitative estimate of drug-likeness (QED) is 0.875. The van der Waals surface area contributed by atoms with Gasteiger partial charge in [-0.2, -0.15) is 0 Å². The fourth-order valence-electron chi connectivity index (χ4n) is 3.36. The number of nitrogens with two attached hydrogens (primary N) is 1. The van der Waals surface area contributed by atoms with E-state index >= 15 is 0 Å². The molecule has 2 N–H and O–H groups in total. The van der Waals surface area contributed by atoms with Gasteiger partial charge in [-0.25, -0.2) is 4.98 Å². The van der Waals surface area contributed by atoms with Gasteiger partial charge in [0.2, 0.25) is 0 Å². The summed E-state index contributed by atoms with van der Waals surface area (Å²) in [5.74, 6) is 1.91. The Hall–Kier alpha value is -1.55. The first-order valence-electron chi connectivity index (χ1n) is 8.18. The lowest BCUT2D eigenvalue weighted by atomic mass is 10.1. The minimum Gasteiger partial charge on any atom is -0.399 e. The topological polar surface area (TPSA) is 53.1 Å². The molecule has 4 heteroatoms. The Bertz CT molecular complexity index is 639. The van der Waals surface area contributed by atoms with Gasteiger partial charge in [0.25, 0.3) is 0 Å². The molecule has 1 saturated heterocycles. The average Bonchev–Trinajstić information content (AvgIpc) is 3.28. The molecule has 1 unspecified atom stereocenters. The maximum absolute atomic E-state index is 5.90. The van der Waals surface area contributed by atoms with Crippen molar-refractivity contribution in [2.24, 2.45) is 0 Å². The smallest absolute Gasteiger partial charge is 0.112 e. The minimum absolute atomic E-state index is 0.428. The van der Waals surface area contributed by atoms with Crippen LogP contribution in [0.3, 0.4) is 0 Å². The Labute approximate surface area is 125 Å². The number of nitrogens with zero attached hydrogens (tertiary/aromatic N) is 2. The van der Waals surface area contributed by atoms with Gasteiger partial charge in [0, 0.05) is 24.8 Å². The normalized spacial score (nSPS) is 22.8. The number of aryl methyl sites for hydroxylation is 1. The summed E-state index contributed by atoms with van der Waals surface area (Å²) >= 11 is 0. The molecule has 1 aromatic heterocycles. The molecule has 112 valence electrons. The van der Waals surface area contributed by atoms with E-state index in [4.69, 9.17) is 15.5 Å². The molecule has 1 aliphatic carbocycles. The first kappa shape index (κ1) is 13.1. The van der Waals surface area contributed by atoms with Gasteiger partial charge in [-0.3, -0.25) is 0 Å². The lowest BCUT2D eigenvalue weighted by Gasteiger charge is -2.23. The molecule has 0 spiro atoms. The fraction of sp³-hybridized carbons (Fsp3) is 0.588. The van der Waals surface area contributed by atoms with E-state index in [-0.39, 0.29) is 0 Å². The van der Waals surface area contributed by atoms with Crippen LogP contribution < -0.4 is 5.73 Å². The van der Waals surface area contributed by atoms with Crippen LogP contribution in [0.1, 0.15) is 50.3 Å². The van der Waals surface area contributed by atoms with Crippen LogP contribution in [0, 0.1) is 0 Å². The van der Waals surface area contributed by atoms with Gasteiger partial charge >= 0.3 is 0 Å². The largest absolute Gasteiger partial charge is 0.399 e. The van der Waals surface area contributed by atoms with Crippen molar-refractivity contribution in [1.82, 2.24) is 9.55 Å². The minimum atomic E-state index is 0.428. The molecule has 1 atom stereocenters. The van der Waals surface area contributed by atoms with Crippen LogP contribution in [-0.2, 0) is 11.3 Å². The van der Waals surface area contributed by atoms with Gasteiger partial charge in [-0.05, 0) is 56.7 Å². The molecule has 2 fully saturated rings. The van der Waals surface area contributed by atoms with Crippen molar-refractivity contribution >= 4 is 16.7 Å². The number of benzene rings is 1. The number of aromatic nitrogens is 2. The Morgan fingerprint density at radius 1 is 1.24 bits per heavy atom. The van der Waals surface area contributed by atoms with Gasteiger partial charge in [0.05, 0.1) is 17.1 Å². The second-order valence-electron chi connectivity index (χ2n) is 6.42. The molecule has 2 aromatic rings. The standard InChI is InChI=1S/C17H23N3O/c18-13-6-7-16-15(11-13)19-17(12-4-5-12)20(16)9-8-14-3-1-2-10-21-14/h6-7,11-12,14H,1-5,8-10,18H2. The highest BCUT2D eigenvalue weighted by molar-refractivity contribution is 5.79. The Morgan fingerprint density at radius 2 is 2.14 bits per heavy atom. The molecule has 0 bridgehead atoms. The number of fused-ring (bicyclic) bond motifs is 1. The molecule has 2 aliphatic rings. The van der Waals surface area contributed by atoms with Gasteiger partial charge < -0.3 is 15.0 Å². The Kier molecular flexibility index (Phi) is 3.34. The van der Waals surface area contributed by atoms with Gasteiger partial charge in [-0.1, -0.05) is 0 Å². The third kappa shape index (κ3) is 2.64. The van der Waals surface area contributed by atoms with Crippen molar-refractivity contribution in [2.45, 2.75) is 57.1 Å². The van der Waals surface area contributed by atoms with E-state index in [1.807, 2.05) is 12.1 Å². The van der Waals surface area contributed by atoms with Crippen LogP contribution in [0.4, 0.5) is 5.69 Å². The Morgan fingerprint density at radius 3 is 2.90 bits per heavy atom. The van der Waals surface area contributed by atoms with E-state index < -0.39 is 0 Å². The van der Waals surface area contributed by atoms with E-state index in [9.17, 15) is 0 Å². The zero-order valence-electron chi connectivity index (χ0n) is 12.4. The summed E-state index contributed by atoms with van der Waals surface area (Å²) < 4.78 is 8.28. The molecule has 0 radical (unpaired) electrons. The van der Waals surface area contributed by atoms with Crippen LogP contribution in [0.15, 0.2) is 18.2 Å². The first-order chi connectivity index (χ1) is 10.3. The zero-order chi connectivity index (χ0) is 14.2. The maximum atomic E-state index is 5.90. The average molecular weight is 285 g/mol. The van der Waals surface area contributed by atoms with Gasteiger partial charge in [0.15, 0.2) is 0 Å². The van der Waals surface area contributed by atoms with E-state index in [2.05, 4.69) is 10.6 Å². The lowest BCUT2D eigenvalue weighted by molar-refractivity contribution is 0.00886. The third-order valence-corrected chi connectivity index (χ3v) is 4.69. The van der Waals surface area contributed by atoms with Gasteiger partial charge in [-0.15, -0.1) is 0 Å². The molecule has 21 heavy (non-hydrogen) atoms. The second-order valence-corrected chi connectivity index (χ2v) is 6.42. The summed E-state index contributed by atoms with van der Waals surface area (Å²) in [6.07, 6.45) is 7.81. The SMILES string of the molecule is Nc1ccc2c(c1)nc(C1CC1)n2CCC1CCCCO1. The van der Waals surface area contributed by atoms with Crippen LogP contribution in [0.25, 0.3) is 11.0 Å². The summed E-state index contributed by atoms with van der Waals surface area (Å²) in [7, 11) is 0. The highest BCUT2D eigenvalue weighted by Crippen LogP contribution is 2.41. The van der Waals surface area contributed by atoms with Gasteiger partial charge in [0.1, 0.15) is 5.82 Å². The van der Waals surface area contributed by atoms with E-state index in [1.165, 1.54) is 43.4 Å². The van der Waals surface area contributed by atoms with Crippen LogP contribution >= 0.6 is 0 Å². The number of anilines is 1. The monoisotopic (exact) mass is 285 g/mol. The summed E-state index contributed by atoms with van der Waals surface area (Å²) in [6.45, 7) is 1.94. The number of ether oxygens (including phenoxy) is 1. The summed E-state index contributed by atoms with van der Waals surface area (Å²) in [5, 5.41) is 0. The number of nitrogen functional groups attached to an aromatic ring is 1. The lowest BCUT2D eigenvalue weighted by Crippen LogP contribution is -2.21. The molecule has 2 heterocycles. The third-order valence-electron chi connectivity index (χ3n) is 4.69. The molecule has 1 saturated carbocycles.